The van der Waals surface area contributed by atoms with E-state index in [9.17, 15) is 14.0 Å². The molecule has 1 aromatic carbocycles. The number of hydrogen-bond donors (Lipinski definition) is 0. The van der Waals surface area contributed by atoms with Gasteiger partial charge in [-0.2, -0.15) is 0 Å². The van der Waals surface area contributed by atoms with E-state index in [1.54, 1.807) is 25.8 Å². The molecule has 0 unspecified atom stereocenters. The smallest absolute Gasteiger partial charge is 0.341 e. The number of benzene rings is 1. The van der Waals surface area contributed by atoms with E-state index in [-0.39, 0.29) is 28.2 Å². The van der Waals surface area contributed by atoms with Crippen molar-refractivity contribution in [2.75, 3.05) is 19.7 Å². The Morgan fingerprint density at radius 1 is 1.13 bits per heavy atom. The Labute approximate surface area is 182 Å². The molecule has 0 aromatic heterocycles. The van der Waals surface area contributed by atoms with Gasteiger partial charge in [-0.3, -0.25) is 0 Å². The Hall–Kier alpha value is -1.86. The number of nitrogens with zero attached hydrogens (tertiary/aromatic N) is 1. The molecule has 0 saturated carbocycles. The number of esters is 1. The largest absolute Gasteiger partial charge is 0.492 e. The highest BCUT2D eigenvalue weighted by Gasteiger charge is 2.29. The maximum absolute atomic E-state index is 14.4. The molecule has 0 amide bonds. The highest BCUT2D eigenvalue weighted by Crippen LogP contribution is 2.30. The Kier molecular flexibility index (Phi) is 7.74. The number of carbonyl (C=O) groups is 2. The highest BCUT2D eigenvalue weighted by molar-refractivity contribution is 6.32. The van der Waals surface area contributed by atoms with Crippen molar-refractivity contribution in [3.05, 3.63) is 28.5 Å². The molecule has 168 valence electrons. The predicted molar refractivity (Wildman–Crippen MR) is 112 cm³/mol. The van der Waals surface area contributed by atoms with Crippen molar-refractivity contribution in [1.29, 1.82) is 0 Å². The highest BCUT2D eigenvalue weighted by atomic mass is 35.5. The van der Waals surface area contributed by atoms with Crippen molar-refractivity contribution in [2.45, 2.75) is 60.0 Å². The lowest BCUT2D eigenvalue weighted by atomic mass is 9.97. The molecular formula is C22H31ClFNO5. The fourth-order valence-corrected chi connectivity index (χ4v) is 2.98. The number of rotatable bonds is 5. The molecule has 2 rings (SSSR count). The monoisotopic (exact) mass is 443 g/mol. The first-order valence-electron chi connectivity index (χ1n) is 10.1. The summed E-state index contributed by atoms with van der Waals surface area (Å²) in [6, 6.07) is 2.34. The molecule has 0 N–H and O–H groups in total. The summed E-state index contributed by atoms with van der Waals surface area (Å²) in [6.07, 6.45) is 1.54. The summed E-state index contributed by atoms with van der Waals surface area (Å²) in [4.78, 5) is 29.5. The van der Waals surface area contributed by atoms with Crippen molar-refractivity contribution < 1.29 is 28.3 Å². The second-order valence-electron chi connectivity index (χ2n) is 9.58. The lowest BCUT2D eigenvalue weighted by molar-refractivity contribution is -0.206. The number of carbonyl (C=O) groups excluding carboxylic acids is 2. The maximum Gasteiger partial charge on any atom is 0.341 e. The lowest BCUT2D eigenvalue weighted by Gasteiger charge is -2.32. The summed E-state index contributed by atoms with van der Waals surface area (Å²) >= 11 is 6.19. The molecular weight excluding hydrogens is 413 g/mol. The maximum atomic E-state index is 14.4. The van der Waals surface area contributed by atoms with Crippen LogP contribution in [0.1, 0.15) is 64.7 Å². The molecule has 1 saturated heterocycles. The lowest BCUT2D eigenvalue weighted by Crippen LogP contribution is -2.39. The molecule has 1 aromatic rings. The number of halogens is 2. The van der Waals surface area contributed by atoms with Crippen LogP contribution in [0.2, 0.25) is 5.02 Å². The normalized spacial score (nSPS) is 16.3. The van der Waals surface area contributed by atoms with E-state index in [1.807, 2.05) is 20.8 Å². The fraction of sp³-hybridized carbons (Fsp3) is 0.636. The summed E-state index contributed by atoms with van der Waals surface area (Å²) in [5, 5.41) is 1.82. The van der Waals surface area contributed by atoms with Crippen molar-refractivity contribution in [3.63, 3.8) is 0 Å². The van der Waals surface area contributed by atoms with Crippen LogP contribution in [0.15, 0.2) is 12.1 Å². The van der Waals surface area contributed by atoms with Gasteiger partial charge in [-0.1, -0.05) is 11.6 Å². The van der Waals surface area contributed by atoms with Crippen molar-refractivity contribution in [2.24, 2.45) is 11.3 Å². The minimum atomic E-state index is -0.773. The molecule has 8 heteroatoms. The van der Waals surface area contributed by atoms with Crippen LogP contribution in [0, 0.1) is 17.2 Å². The molecule has 1 aliphatic rings. The zero-order valence-corrected chi connectivity index (χ0v) is 19.3. The Balaban J connectivity index is 1.89. The first-order valence-corrected chi connectivity index (χ1v) is 10.5. The van der Waals surface area contributed by atoms with Crippen LogP contribution in [0.4, 0.5) is 4.39 Å². The van der Waals surface area contributed by atoms with Gasteiger partial charge in [0, 0.05) is 19.2 Å². The third kappa shape index (κ3) is 7.13. The molecule has 0 bridgehead atoms. The average molecular weight is 444 g/mol. The molecule has 1 fully saturated rings. The molecule has 30 heavy (non-hydrogen) atoms. The number of hydroxylamine groups is 2. The van der Waals surface area contributed by atoms with Crippen LogP contribution in [-0.4, -0.2) is 42.3 Å². The number of ether oxygens (including phenoxy) is 2. The van der Waals surface area contributed by atoms with Crippen LogP contribution < -0.4 is 4.74 Å². The third-order valence-corrected chi connectivity index (χ3v) is 4.81. The van der Waals surface area contributed by atoms with Crippen LogP contribution in [0.25, 0.3) is 0 Å². The Morgan fingerprint density at radius 3 is 2.27 bits per heavy atom. The molecule has 0 radical (unpaired) electrons. The second-order valence-corrected chi connectivity index (χ2v) is 9.98. The minimum absolute atomic E-state index is 0.147. The molecule has 0 atom stereocenters. The Bertz CT molecular complexity index is 777. The summed E-state index contributed by atoms with van der Waals surface area (Å²) in [6.45, 7) is 12.1. The van der Waals surface area contributed by atoms with Crippen LogP contribution in [0.5, 0.6) is 5.75 Å². The van der Waals surface area contributed by atoms with Gasteiger partial charge >= 0.3 is 11.9 Å². The van der Waals surface area contributed by atoms with Gasteiger partial charge < -0.3 is 14.3 Å². The van der Waals surface area contributed by atoms with Crippen molar-refractivity contribution >= 4 is 23.5 Å². The van der Waals surface area contributed by atoms with E-state index in [0.717, 1.165) is 18.9 Å². The zero-order chi connectivity index (χ0) is 22.7. The van der Waals surface area contributed by atoms with E-state index in [1.165, 1.54) is 6.07 Å². The van der Waals surface area contributed by atoms with Gasteiger partial charge in [0.05, 0.1) is 22.6 Å². The second kappa shape index (κ2) is 9.52. The SMILES string of the molecule is CC(C)(C)OC(=O)c1cc(Cl)c(OCC2CCN(OC(=O)C(C)(C)C)CC2)cc1F. The van der Waals surface area contributed by atoms with Gasteiger partial charge in [-0.15, -0.1) is 5.06 Å². The van der Waals surface area contributed by atoms with Gasteiger partial charge in [-0.05, 0) is 66.4 Å². The summed E-state index contributed by atoms with van der Waals surface area (Å²) in [7, 11) is 0. The first kappa shape index (κ1) is 24.4. The van der Waals surface area contributed by atoms with Crippen LogP contribution in [-0.2, 0) is 14.4 Å². The summed E-state index contributed by atoms with van der Waals surface area (Å²) in [5.74, 6) is -1.37. The fourth-order valence-electron chi connectivity index (χ4n) is 2.76. The predicted octanol–water partition coefficient (Wildman–Crippen LogP) is 5.03. The standard InChI is InChI=1S/C22H31ClFNO5/c1-21(2,3)20(27)30-25-9-7-14(8-10-25)13-28-18-12-17(24)15(11-16(18)23)19(26)29-22(4,5)6/h11-12,14H,7-10,13H2,1-6H3. The molecule has 0 spiro atoms. The van der Waals surface area contributed by atoms with Crippen molar-refractivity contribution in [1.82, 2.24) is 5.06 Å². The first-order chi connectivity index (χ1) is 13.8. The quantitative estimate of drug-likeness (QED) is 0.594. The van der Waals surface area contributed by atoms with E-state index in [0.29, 0.717) is 19.7 Å². The van der Waals surface area contributed by atoms with E-state index in [2.05, 4.69) is 0 Å². The molecule has 1 aliphatic heterocycles. The van der Waals surface area contributed by atoms with Crippen molar-refractivity contribution in [3.8, 4) is 5.75 Å². The van der Waals surface area contributed by atoms with Gasteiger partial charge in [-0.25, -0.2) is 14.0 Å². The van der Waals surface area contributed by atoms with Crippen LogP contribution in [0.3, 0.4) is 0 Å². The summed E-state index contributed by atoms with van der Waals surface area (Å²) < 4.78 is 25.3. The zero-order valence-electron chi connectivity index (χ0n) is 18.5. The van der Waals surface area contributed by atoms with Gasteiger partial charge in [0.1, 0.15) is 17.2 Å². The van der Waals surface area contributed by atoms with E-state index >= 15 is 0 Å². The molecule has 1 heterocycles. The number of hydrogen-bond acceptors (Lipinski definition) is 6. The van der Waals surface area contributed by atoms with E-state index in [4.69, 9.17) is 25.9 Å². The minimum Gasteiger partial charge on any atom is -0.492 e. The third-order valence-electron chi connectivity index (χ3n) is 4.51. The summed E-state index contributed by atoms with van der Waals surface area (Å²) in [5.41, 5.74) is -1.51. The molecule has 0 aliphatic carbocycles. The van der Waals surface area contributed by atoms with Gasteiger partial charge in [0.2, 0.25) is 0 Å². The average Bonchev–Trinajstić information content (AvgIpc) is 2.61. The van der Waals surface area contributed by atoms with E-state index < -0.39 is 22.8 Å². The number of piperidine rings is 1. The van der Waals surface area contributed by atoms with Crippen LogP contribution >= 0.6 is 11.6 Å². The molecule has 6 nitrogen and oxygen atoms in total. The van der Waals surface area contributed by atoms with Gasteiger partial charge in [0.25, 0.3) is 0 Å². The topological polar surface area (TPSA) is 65.1 Å². The van der Waals surface area contributed by atoms with Gasteiger partial charge in [0.15, 0.2) is 0 Å². The Morgan fingerprint density at radius 2 is 1.73 bits per heavy atom.